The number of aliphatic hydroxyl groups is 1. The molecule has 1 nitrogen and oxygen atoms in total. The zero-order chi connectivity index (χ0) is 17.8. The zero-order valence-corrected chi connectivity index (χ0v) is 17.3. The van der Waals surface area contributed by atoms with Crippen LogP contribution in [-0.4, -0.2) is 11.7 Å². The van der Waals surface area contributed by atoms with Crippen LogP contribution in [0.2, 0.25) is 0 Å². The minimum absolute atomic E-state index is 0.400. The van der Waals surface area contributed by atoms with Gasteiger partial charge in [-0.15, -0.1) is 0 Å². The lowest BCUT2D eigenvalue weighted by Crippen LogP contribution is -2.53. The molecule has 0 radical (unpaired) electrons. The minimum Gasteiger partial charge on any atom is -0.396 e. The first-order valence-corrected chi connectivity index (χ1v) is 11.5. The average Bonchev–Trinajstić information content (AvgIpc) is 2.91. The molecule has 4 fully saturated rings. The van der Waals surface area contributed by atoms with E-state index in [1.54, 1.807) is 0 Å². The largest absolute Gasteiger partial charge is 0.396 e. The Bertz CT molecular complexity index is 484. The maximum atomic E-state index is 9.53. The highest BCUT2D eigenvalue weighted by atomic mass is 16.3. The van der Waals surface area contributed by atoms with Crippen LogP contribution >= 0.6 is 0 Å². The molecule has 0 aromatic heterocycles. The maximum Gasteiger partial charge on any atom is 0.0433 e. The van der Waals surface area contributed by atoms with Crippen molar-refractivity contribution in [2.24, 2.45) is 52.3 Å². The predicted octanol–water partition coefficient (Wildman–Crippen LogP) is 6.30. The van der Waals surface area contributed by atoms with E-state index in [0.717, 1.165) is 47.8 Å². The molecule has 0 saturated heterocycles. The van der Waals surface area contributed by atoms with Crippen molar-refractivity contribution in [3.05, 3.63) is 0 Å². The first-order chi connectivity index (χ1) is 11.9. The molecule has 0 aliphatic heterocycles. The highest BCUT2D eigenvalue weighted by Crippen LogP contribution is 2.68. The molecule has 4 rings (SSSR count). The SMILES string of the molecule is CC(C)C1CC[C@]2(C)C3CC[C@]4(C)C(CCO)CCC4C3CC[C@@H]2C1. The third-order valence-corrected chi connectivity index (χ3v) is 10.3. The molecule has 0 amide bonds. The minimum atomic E-state index is 0.400. The van der Waals surface area contributed by atoms with Crippen molar-refractivity contribution in [2.75, 3.05) is 6.61 Å². The monoisotopic (exact) mass is 346 g/mol. The van der Waals surface area contributed by atoms with Gasteiger partial charge in [0.1, 0.15) is 0 Å². The van der Waals surface area contributed by atoms with Crippen LogP contribution in [-0.2, 0) is 0 Å². The zero-order valence-electron chi connectivity index (χ0n) is 17.3. The molecule has 4 saturated carbocycles. The third kappa shape index (κ3) is 2.74. The van der Waals surface area contributed by atoms with E-state index in [2.05, 4.69) is 27.7 Å². The summed E-state index contributed by atoms with van der Waals surface area (Å²) in [5.74, 6) is 6.64. The number of aliphatic hydroxyl groups excluding tert-OH is 1. The highest BCUT2D eigenvalue weighted by molar-refractivity contribution is 5.09. The van der Waals surface area contributed by atoms with Crippen molar-refractivity contribution < 1.29 is 5.11 Å². The Morgan fingerprint density at radius 1 is 0.880 bits per heavy atom. The normalized spacial score (nSPS) is 52.6. The molecule has 1 heteroatoms. The Hall–Kier alpha value is -0.0400. The van der Waals surface area contributed by atoms with E-state index < -0.39 is 0 Å². The van der Waals surface area contributed by atoms with Gasteiger partial charge >= 0.3 is 0 Å². The van der Waals surface area contributed by atoms with Gasteiger partial charge in [0.05, 0.1) is 0 Å². The van der Waals surface area contributed by atoms with Crippen molar-refractivity contribution >= 4 is 0 Å². The fourth-order valence-corrected chi connectivity index (χ4v) is 8.64. The van der Waals surface area contributed by atoms with Crippen molar-refractivity contribution in [3.63, 3.8) is 0 Å². The quantitative estimate of drug-likeness (QED) is 0.635. The number of hydrogen-bond donors (Lipinski definition) is 1. The van der Waals surface area contributed by atoms with Crippen LogP contribution in [0.15, 0.2) is 0 Å². The van der Waals surface area contributed by atoms with Crippen LogP contribution < -0.4 is 0 Å². The summed E-state index contributed by atoms with van der Waals surface area (Å²) in [5, 5.41) is 9.53. The summed E-state index contributed by atoms with van der Waals surface area (Å²) >= 11 is 0. The maximum absolute atomic E-state index is 9.53. The molecule has 0 spiro atoms. The average molecular weight is 347 g/mol. The Balaban J connectivity index is 1.54. The predicted molar refractivity (Wildman–Crippen MR) is 105 cm³/mol. The van der Waals surface area contributed by atoms with Gasteiger partial charge in [-0.25, -0.2) is 0 Å². The fraction of sp³-hybridized carbons (Fsp3) is 1.00. The highest BCUT2D eigenvalue weighted by Gasteiger charge is 2.59. The lowest BCUT2D eigenvalue weighted by atomic mass is 9.44. The molecule has 144 valence electrons. The first-order valence-electron chi connectivity index (χ1n) is 11.5. The molecule has 1 N–H and O–H groups in total. The molecule has 4 aliphatic carbocycles. The third-order valence-electron chi connectivity index (χ3n) is 10.3. The summed E-state index contributed by atoms with van der Waals surface area (Å²) in [6.45, 7) is 10.6. The summed E-state index contributed by atoms with van der Waals surface area (Å²) in [5.41, 5.74) is 1.19. The number of hydrogen-bond acceptors (Lipinski definition) is 1. The lowest BCUT2D eigenvalue weighted by molar-refractivity contribution is -0.121. The van der Waals surface area contributed by atoms with Gasteiger partial charge in [0.2, 0.25) is 0 Å². The van der Waals surface area contributed by atoms with E-state index in [1.807, 2.05) is 0 Å². The summed E-state index contributed by atoms with van der Waals surface area (Å²) in [7, 11) is 0. The molecular formula is C24H42O. The Morgan fingerprint density at radius 2 is 1.60 bits per heavy atom. The summed E-state index contributed by atoms with van der Waals surface area (Å²) in [6.07, 6.45) is 14.4. The number of fused-ring (bicyclic) bond motifs is 5. The van der Waals surface area contributed by atoms with Crippen LogP contribution in [0.5, 0.6) is 0 Å². The van der Waals surface area contributed by atoms with Crippen molar-refractivity contribution in [2.45, 2.75) is 91.9 Å². The van der Waals surface area contributed by atoms with Gasteiger partial charge in [0.15, 0.2) is 0 Å². The van der Waals surface area contributed by atoms with E-state index in [1.165, 1.54) is 57.8 Å². The fourth-order valence-electron chi connectivity index (χ4n) is 8.64. The van der Waals surface area contributed by atoms with Crippen molar-refractivity contribution in [3.8, 4) is 0 Å². The van der Waals surface area contributed by atoms with Gasteiger partial charge in [-0.1, -0.05) is 27.7 Å². The first kappa shape index (κ1) is 18.3. The van der Waals surface area contributed by atoms with Crippen LogP contribution in [0, 0.1) is 52.3 Å². The van der Waals surface area contributed by atoms with Gasteiger partial charge in [-0.2, -0.15) is 0 Å². The Morgan fingerprint density at radius 3 is 2.32 bits per heavy atom. The summed E-state index contributed by atoms with van der Waals surface area (Å²) < 4.78 is 0. The van der Waals surface area contributed by atoms with Crippen molar-refractivity contribution in [1.29, 1.82) is 0 Å². The molecule has 0 heterocycles. The van der Waals surface area contributed by atoms with Crippen molar-refractivity contribution in [1.82, 2.24) is 0 Å². The van der Waals surface area contributed by atoms with E-state index in [4.69, 9.17) is 0 Å². The van der Waals surface area contributed by atoms with E-state index in [-0.39, 0.29) is 0 Å². The second-order valence-corrected chi connectivity index (χ2v) is 11.3. The summed E-state index contributed by atoms with van der Waals surface area (Å²) in [4.78, 5) is 0. The van der Waals surface area contributed by atoms with Gasteiger partial charge < -0.3 is 5.11 Å². The summed E-state index contributed by atoms with van der Waals surface area (Å²) in [6, 6.07) is 0. The Labute approximate surface area is 156 Å². The number of rotatable bonds is 3. The van der Waals surface area contributed by atoms with Gasteiger partial charge in [0, 0.05) is 6.61 Å². The van der Waals surface area contributed by atoms with E-state index >= 15 is 0 Å². The van der Waals surface area contributed by atoms with Crippen LogP contribution in [0.1, 0.15) is 91.9 Å². The smallest absolute Gasteiger partial charge is 0.0433 e. The van der Waals surface area contributed by atoms with Gasteiger partial charge in [-0.05, 0) is 116 Å². The second kappa shape index (κ2) is 6.54. The molecule has 0 aromatic carbocycles. The standard InChI is InChI=1S/C24H42O/c1-16(2)17-9-12-24(4)19(15-17)5-7-20-21-8-6-18(11-14-25)23(21,3)13-10-22(20)24/h16-22,25H,5-15H2,1-4H3/t17?,18?,19-,20?,21?,22?,23-,24+/m1/s1. The molecule has 8 atom stereocenters. The van der Waals surface area contributed by atoms with Crippen LogP contribution in [0.4, 0.5) is 0 Å². The van der Waals surface area contributed by atoms with E-state index in [0.29, 0.717) is 17.4 Å². The molecule has 0 aromatic rings. The topological polar surface area (TPSA) is 20.2 Å². The van der Waals surface area contributed by atoms with Gasteiger partial charge in [0.25, 0.3) is 0 Å². The van der Waals surface area contributed by atoms with E-state index in [9.17, 15) is 5.11 Å². The molecule has 25 heavy (non-hydrogen) atoms. The molecule has 4 aliphatic rings. The molecule has 5 unspecified atom stereocenters. The molecule has 0 bridgehead atoms. The lowest BCUT2D eigenvalue weighted by Gasteiger charge is -2.61. The Kier molecular flexibility index (Phi) is 4.79. The van der Waals surface area contributed by atoms with Crippen LogP contribution in [0.25, 0.3) is 0 Å². The molecular weight excluding hydrogens is 304 g/mol. The van der Waals surface area contributed by atoms with Gasteiger partial charge in [-0.3, -0.25) is 0 Å². The van der Waals surface area contributed by atoms with Crippen LogP contribution in [0.3, 0.4) is 0 Å². The second-order valence-electron chi connectivity index (χ2n) is 11.3.